The smallest absolute Gasteiger partial charge is 0.122 e. The van der Waals surface area contributed by atoms with E-state index < -0.39 is 0 Å². The molecule has 4 heteroatoms. The van der Waals surface area contributed by atoms with E-state index in [9.17, 15) is 0 Å². The minimum Gasteiger partial charge on any atom is -0.333 e. The molecule has 1 aliphatic heterocycles. The molecule has 0 aromatic carbocycles. The molecule has 14 heavy (non-hydrogen) atoms. The minimum absolute atomic E-state index is 0.658. The summed E-state index contributed by atoms with van der Waals surface area (Å²) in [6.07, 6.45) is 5.51. The number of imidazole rings is 1. The fourth-order valence-corrected chi connectivity index (χ4v) is 1.80. The Bertz CT molecular complexity index is 336. The molecule has 0 amide bonds. The van der Waals surface area contributed by atoms with E-state index in [-0.39, 0.29) is 0 Å². The van der Waals surface area contributed by atoms with Crippen LogP contribution < -0.4 is 0 Å². The molecule has 0 atom stereocenters. The number of rotatable bonds is 3. The van der Waals surface area contributed by atoms with Gasteiger partial charge in [0.2, 0.25) is 0 Å². The number of hydrogen-bond donors (Lipinski definition) is 0. The van der Waals surface area contributed by atoms with Crippen LogP contribution in [0.3, 0.4) is 0 Å². The van der Waals surface area contributed by atoms with Crippen LogP contribution in [0.4, 0.5) is 0 Å². The molecule has 1 aromatic rings. The van der Waals surface area contributed by atoms with Crippen LogP contribution in [0.15, 0.2) is 12.4 Å². The lowest BCUT2D eigenvalue weighted by atomic mass is 10.3. The lowest BCUT2D eigenvalue weighted by Crippen LogP contribution is -2.34. The van der Waals surface area contributed by atoms with Gasteiger partial charge in [0, 0.05) is 31.9 Å². The first-order valence-corrected chi connectivity index (χ1v) is 4.99. The zero-order valence-electron chi connectivity index (χ0n) is 8.19. The van der Waals surface area contributed by atoms with Gasteiger partial charge in [-0.25, -0.2) is 4.98 Å². The van der Waals surface area contributed by atoms with Crippen molar-refractivity contribution in [2.75, 3.05) is 13.1 Å². The van der Waals surface area contributed by atoms with Crippen molar-refractivity contribution in [2.24, 2.45) is 0 Å². The highest BCUT2D eigenvalue weighted by molar-refractivity contribution is 4.95. The first kappa shape index (κ1) is 9.22. The van der Waals surface area contributed by atoms with E-state index in [2.05, 4.69) is 20.5 Å². The summed E-state index contributed by atoms with van der Waals surface area (Å²) in [5, 5.41) is 8.44. The Morgan fingerprint density at radius 2 is 2.43 bits per heavy atom. The highest BCUT2D eigenvalue weighted by Gasteiger charge is 2.15. The summed E-state index contributed by atoms with van der Waals surface area (Å²) >= 11 is 0. The SMILES string of the molecule is N#CCCCN1CCn2ccnc2C1. The zero-order chi connectivity index (χ0) is 9.80. The average molecular weight is 190 g/mol. The number of unbranched alkanes of at least 4 members (excludes halogenated alkanes) is 1. The molecule has 1 aliphatic rings. The van der Waals surface area contributed by atoms with E-state index in [1.165, 1.54) is 0 Å². The number of aromatic nitrogens is 2. The van der Waals surface area contributed by atoms with E-state index in [4.69, 9.17) is 5.26 Å². The second kappa shape index (κ2) is 4.25. The molecule has 0 spiro atoms. The van der Waals surface area contributed by atoms with Crippen LogP contribution in [0.5, 0.6) is 0 Å². The summed E-state index contributed by atoms with van der Waals surface area (Å²) in [7, 11) is 0. The van der Waals surface area contributed by atoms with Crippen LogP contribution in [0.25, 0.3) is 0 Å². The second-order valence-corrected chi connectivity index (χ2v) is 3.57. The van der Waals surface area contributed by atoms with Crippen molar-refractivity contribution in [3.63, 3.8) is 0 Å². The Labute approximate surface area is 83.8 Å². The van der Waals surface area contributed by atoms with Crippen LogP contribution in [0, 0.1) is 11.3 Å². The van der Waals surface area contributed by atoms with Crippen LogP contribution >= 0.6 is 0 Å². The van der Waals surface area contributed by atoms with E-state index in [0.717, 1.165) is 38.4 Å². The fourth-order valence-electron chi connectivity index (χ4n) is 1.80. The van der Waals surface area contributed by atoms with E-state index in [1.54, 1.807) is 0 Å². The highest BCUT2D eigenvalue weighted by atomic mass is 15.2. The van der Waals surface area contributed by atoms with E-state index in [1.807, 2.05) is 12.4 Å². The van der Waals surface area contributed by atoms with Gasteiger partial charge in [-0.05, 0) is 13.0 Å². The fraction of sp³-hybridized carbons (Fsp3) is 0.600. The van der Waals surface area contributed by atoms with Crippen molar-refractivity contribution in [2.45, 2.75) is 25.9 Å². The number of hydrogen-bond acceptors (Lipinski definition) is 3. The molecule has 0 fully saturated rings. The van der Waals surface area contributed by atoms with Crippen LogP contribution in [0.2, 0.25) is 0 Å². The molecule has 0 bridgehead atoms. The zero-order valence-corrected chi connectivity index (χ0v) is 8.19. The van der Waals surface area contributed by atoms with Crippen molar-refractivity contribution in [3.05, 3.63) is 18.2 Å². The summed E-state index contributed by atoms with van der Waals surface area (Å²) in [5.74, 6) is 1.15. The molecule has 4 nitrogen and oxygen atoms in total. The molecular weight excluding hydrogens is 176 g/mol. The van der Waals surface area contributed by atoms with Crippen molar-refractivity contribution >= 4 is 0 Å². The van der Waals surface area contributed by atoms with Crippen LogP contribution in [-0.2, 0) is 13.1 Å². The molecule has 74 valence electrons. The molecule has 0 saturated carbocycles. The second-order valence-electron chi connectivity index (χ2n) is 3.57. The molecular formula is C10H14N4. The normalized spacial score (nSPS) is 16.2. The van der Waals surface area contributed by atoms with Gasteiger partial charge in [-0.2, -0.15) is 5.26 Å². The molecule has 0 aliphatic carbocycles. The van der Waals surface area contributed by atoms with E-state index >= 15 is 0 Å². The molecule has 1 aromatic heterocycles. The Morgan fingerprint density at radius 3 is 3.29 bits per heavy atom. The highest BCUT2D eigenvalue weighted by Crippen LogP contribution is 2.10. The maximum Gasteiger partial charge on any atom is 0.122 e. The van der Waals surface area contributed by atoms with Gasteiger partial charge in [-0.3, -0.25) is 4.90 Å². The Morgan fingerprint density at radius 1 is 1.50 bits per heavy atom. The van der Waals surface area contributed by atoms with Crippen molar-refractivity contribution in [1.29, 1.82) is 5.26 Å². The summed E-state index contributed by atoms with van der Waals surface area (Å²) < 4.78 is 2.20. The van der Waals surface area contributed by atoms with Gasteiger partial charge in [0.25, 0.3) is 0 Å². The number of nitriles is 1. The molecule has 2 rings (SSSR count). The van der Waals surface area contributed by atoms with Gasteiger partial charge < -0.3 is 4.57 Å². The van der Waals surface area contributed by atoms with Crippen molar-refractivity contribution < 1.29 is 0 Å². The number of fused-ring (bicyclic) bond motifs is 1. The van der Waals surface area contributed by atoms with Crippen molar-refractivity contribution in [1.82, 2.24) is 14.5 Å². The van der Waals surface area contributed by atoms with Crippen molar-refractivity contribution in [3.8, 4) is 6.07 Å². The first-order chi connectivity index (χ1) is 6.90. The average Bonchev–Trinajstić information content (AvgIpc) is 2.65. The molecule has 0 saturated heterocycles. The third kappa shape index (κ3) is 1.94. The van der Waals surface area contributed by atoms with Gasteiger partial charge in [0.1, 0.15) is 5.82 Å². The Balaban J connectivity index is 1.86. The third-order valence-corrected chi connectivity index (χ3v) is 2.59. The summed E-state index contributed by atoms with van der Waals surface area (Å²) in [5.41, 5.74) is 0. The summed E-state index contributed by atoms with van der Waals surface area (Å²) in [4.78, 5) is 6.65. The van der Waals surface area contributed by atoms with E-state index in [0.29, 0.717) is 6.42 Å². The predicted octanol–water partition coefficient (Wildman–Crippen LogP) is 1.00. The van der Waals surface area contributed by atoms with Gasteiger partial charge in [0.15, 0.2) is 0 Å². The largest absolute Gasteiger partial charge is 0.333 e. The summed E-state index contributed by atoms with van der Waals surface area (Å²) in [6.45, 7) is 4.05. The molecule has 0 N–H and O–H groups in total. The van der Waals surface area contributed by atoms with Gasteiger partial charge in [-0.1, -0.05) is 0 Å². The maximum atomic E-state index is 8.44. The van der Waals surface area contributed by atoms with Gasteiger partial charge in [-0.15, -0.1) is 0 Å². The maximum absolute atomic E-state index is 8.44. The minimum atomic E-state index is 0.658. The molecule has 0 radical (unpaired) electrons. The van der Waals surface area contributed by atoms with Gasteiger partial charge >= 0.3 is 0 Å². The third-order valence-electron chi connectivity index (χ3n) is 2.59. The number of nitrogens with zero attached hydrogens (tertiary/aromatic N) is 4. The molecule has 0 unspecified atom stereocenters. The quantitative estimate of drug-likeness (QED) is 0.668. The van der Waals surface area contributed by atoms with Crippen LogP contribution in [0.1, 0.15) is 18.7 Å². The van der Waals surface area contributed by atoms with Crippen LogP contribution in [-0.4, -0.2) is 27.5 Å². The standard InChI is InChI=1S/C10H14N4/c11-3-1-2-5-13-7-8-14-6-4-12-10(14)9-13/h4,6H,1-2,5,7-9H2. The monoisotopic (exact) mass is 190 g/mol. The Kier molecular flexibility index (Phi) is 2.80. The Hall–Kier alpha value is -1.34. The topological polar surface area (TPSA) is 44.9 Å². The first-order valence-electron chi connectivity index (χ1n) is 4.99. The lowest BCUT2D eigenvalue weighted by Gasteiger charge is -2.27. The predicted molar refractivity (Wildman–Crippen MR) is 52.4 cm³/mol. The van der Waals surface area contributed by atoms with Gasteiger partial charge in [0.05, 0.1) is 12.6 Å². The lowest BCUT2D eigenvalue weighted by molar-refractivity contribution is 0.215. The molecule has 2 heterocycles. The summed E-state index contributed by atoms with van der Waals surface area (Å²) in [6, 6.07) is 2.17.